The summed E-state index contributed by atoms with van der Waals surface area (Å²) in [5.41, 5.74) is 0.771. The summed E-state index contributed by atoms with van der Waals surface area (Å²) < 4.78 is 4.83. The average Bonchev–Trinajstić information content (AvgIpc) is 2.63. The Morgan fingerprint density at radius 1 is 1.62 bits per heavy atom. The van der Waals surface area contributed by atoms with Crippen molar-refractivity contribution < 1.29 is 9.21 Å². The summed E-state index contributed by atoms with van der Waals surface area (Å²) in [5, 5.41) is 2.89. The molecule has 2 rings (SSSR count). The van der Waals surface area contributed by atoms with Gasteiger partial charge >= 0.3 is 0 Å². The van der Waals surface area contributed by atoms with Crippen molar-refractivity contribution in [2.45, 2.75) is 33.2 Å². The Kier molecular flexibility index (Phi) is 3.27. The summed E-state index contributed by atoms with van der Waals surface area (Å²) in [5.74, 6) is 1.78. The molecule has 16 heavy (non-hydrogen) atoms. The van der Waals surface area contributed by atoms with Crippen molar-refractivity contribution in [3.05, 3.63) is 18.4 Å². The topological polar surface area (TPSA) is 55.1 Å². The Balaban J connectivity index is 1.70. The van der Waals surface area contributed by atoms with E-state index in [0.29, 0.717) is 12.5 Å². The van der Waals surface area contributed by atoms with Gasteiger partial charge in [-0.2, -0.15) is 0 Å². The fourth-order valence-electron chi connectivity index (χ4n) is 2.07. The van der Waals surface area contributed by atoms with Gasteiger partial charge in [0.25, 0.3) is 0 Å². The number of carbonyl (C=O) groups is 1. The van der Waals surface area contributed by atoms with Crippen LogP contribution in [-0.4, -0.2) is 10.9 Å². The summed E-state index contributed by atoms with van der Waals surface area (Å²) in [7, 11) is 0. The number of amides is 1. The van der Waals surface area contributed by atoms with Gasteiger partial charge < -0.3 is 9.73 Å². The number of oxazole rings is 1. The van der Waals surface area contributed by atoms with Crippen LogP contribution in [0.25, 0.3) is 0 Å². The zero-order chi connectivity index (χ0) is 11.5. The van der Waals surface area contributed by atoms with Gasteiger partial charge in [0.1, 0.15) is 6.26 Å². The van der Waals surface area contributed by atoms with E-state index in [9.17, 15) is 4.79 Å². The number of aromatic nitrogens is 1. The van der Waals surface area contributed by atoms with E-state index < -0.39 is 0 Å². The van der Waals surface area contributed by atoms with E-state index in [0.717, 1.165) is 24.5 Å². The number of hydrogen-bond donors (Lipinski definition) is 1. The molecular weight excluding hydrogens is 204 g/mol. The first-order chi connectivity index (χ1) is 7.66. The summed E-state index contributed by atoms with van der Waals surface area (Å²) >= 11 is 0. The van der Waals surface area contributed by atoms with Crippen LogP contribution in [0.2, 0.25) is 0 Å². The molecule has 4 nitrogen and oxygen atoms in total. The molecule has 1 aromatic heterocycles. The fourth-order valence-corrected chi connectivity index (χ4v) is 2.07. The number of nitrogens with zero attached hydrogens (tertiary/aromatic N) is 1. The molecule has 0 aromatic carbocycles. The van der Waals surface area contributed by atoms with Crippen molar-refractivity contribution in [2.24, 2.45) is 17.8 Å². The van der Waals surface area contributed by atoms with Crippen LogP contribution < -0.4 is 5.32 Å². The van der Waals surface area contributed by atoms with E-state index in [1.54, 1.807) is 6.26 Å². The normalized spacial score (nSPS) is 24.2. The lowest BCUT2D eigenvalue weighted by molar-refractivity contribution is -0.129. The molecule has 1 aliphatic carbocycles. The highest BCUT2D eigenvalue weighted by atomic mass is 16.3. The molecule has 0 aliphatic heterocycles. The second-order valence-electron chi connectivity index (χ2n) is 4.87. The number of rotatable bonds is 4. The van der Waals surface area contributed by atoms with Crippen LogP contribution in [0.4, 0.5) is 0 Å². The second kappa shape index (κ2) is 4.68. The van der Waals surface area contributed by atoms with E-state index in [1.807, 2.05) is 0 Å². The van der Waals surface area contributed by atoms with E-state index in [1.165, 1.54) is 6.39 Å². The van der Waals surface area contributed by atoms with Crippen LogP contribution in [-0.2, 0) is 11.3 Å². The quantitative estimate of drug-likeness (QED) is 0.847. The summed E-state index contributed by atoms with van der Waals surface area (Å²) in [4.78, 5) is 15.7. The van der Waals surface area contributed by atoms with Crippen LogP contribution in [0.1, 0.15) is 32.4 Å². The van der Waals surface area contributed by atoms with Crippen molar-refractivity contribution in [1.29, 1.82) is 0 Å². The highest BCUT2D eigenvalue weighted by Crippen LogP contribution is 2.38. The SMILES string of the molecule is CC(C)C1CC(C(=O)NCc2cocn2)C1. The van der Waals surface area contributed by atoms with Gasteiger partial charge in [-0.25, -0.2) is 4.98 Å². The molecule has 4 heteroatoms. The maximum absolute atomic E-state index is 11.7. The van der Waals surface area contributed by atoms with Crippen molar-refractivity contribution in [3.63, 3.8) is 0 Å². The lowest BCUT2D eigenvalue weighted by Crippen LogP contribution is -2.40. The van der Waals surface area contributed by atoms with Gasteiger partial charge in [-0.3, -0.25) is 4.79 Å². The number of hydrogen-bond acceptors (Lipinski definition) is 3. The molecule has 1 heterocycles. The monoisotopic (exact) mass is 222 g/mol. The first-order valence-electron chi connectivity index (χ1n) is 5.81. The molecule has 0 saturated heterocycles. The van der Waals surface area contributed by atoms with E-state index in [4.69, 9.17) is 4.42 Å². The van der Waals surface area contributed by atoms with Gasteiger partial charge in [-0.1, -0.05) is 13.8 Å². The third kappa shape index (κ3) is 2.43. The minimum absolute atomic E-state index is 0.153. The van der Waals surface area contributed by atoms with Gasteiger partial charge in [0, 0.05) is 5.92 Å². The van der Waals surface area contributed by atoms with Crippen molar-refractivity contribution in [1.82, 2.24) is 10.3 Å². The first-order valence-corrected chi connectivity index (χ1v) is 5.81. The highest BCUT2D eigenvalue weighted by molar-refractivity contribution is 5.79. The Labute approximate surface area is 95.4 Å². The molecular formula is C12H18N2O2. The Bertz CT molecular complexity index is 340. The largest absolute Gasteiger partial charge is 0.451 e. The Hall–Kier alpha value is -1.32. The standard InChI is InChI=1S/C12H18N2O2/c1-8(2)9-3-10(4-9)12(15)13-5-11-6-16-7-14-11/h6-10H,3-5H2,1-2H3,(H,13,15). The minimum atomic E-state index is 0.153. The molecule has 1 aromatic rings. The van der Waals surface area contributed by atoms with Crippen molar-refractivity contribution in [3.8, 4) is 0 Å². The molecule has 0 radical (unpaired) electrons. The summed E-state index contributed by atoms with van der Waals surface area (Å²) in [6, 6.07) is 0. The lowest BCUT2D eigenvalue weighted by Gasteiger charge is -2.36. The van der Waals surface area contributed by atoms with Crippen LogP contribution in [0.5, 0.6) is 0 Å². The molecule has 1 aliphatic rings. The molecule has 0 bridgehead atoms. The minimum Gasteiger partial charge on any atom is -0.451 e. The maximum Gasteiger partial charge on any atom is 0.223 e. The zero-order valence-electron chi connectivity index (χ0n) is 9.77. The fraction of sp³-hybridized carbons (Fsp3) is 0.667. The van der Waals surface area contributed by atoms with Gasteiger partial charge in [0.2, 0.25) is 5.91 Å². The van der Waals surface area contributed by atoms with Gasteiger partial charge in [-0.05, 0) is 24.7 Å². The molecule has 88 valence electrons. The smallest absolute Gasteiger partial charge is 0.223 e. The van der Waals surface area contributed by atoms with Crippen LogP contribution in [0.3, 0.4) is 0 Å². The average molecular weight is 222 g/mol. The summed E-state index contributed by atoms with van der Waals surface area (Å²) in [6.45, 7) is 4.90. The summed E-state index contributed by atoms with van der Waals surface area (Å²) in [6.07, 6.45) is 4.99. The maximum atomic E-state index is 11.7. The van der Waals surface area contributed by atoms with E-state index in [2.05, 4.69) is 24.1 Å². The number of carbonyl (C=O) groups excluding carboxylic acids is 1. The third-order valence-electron chi connectivity index (χ3n) is 3.42. The molecule has 1 N–H and O–H groups in total. The van der Waals surface area contributed by atoms with Crippen molar-refractivity contribution in [2.75, 3.05) is 0 Å². The second-order valence-corrected chi connectivity index (χ2v) is 4.87. The third-order valence-corrected chi connectivity index (χ3v) is 3.42. The van der Waals surface area contributed by atoms with Gasteiger partial charge in [0.05, 0.1) is 12.2 Å². The Morgan fingerprint density at radius 2 is 2.38 bits per heavy atom. The van der Waals surface area contributed by atoms with Crippen LogP contribution in [0.15, 0.2) is 17.1 Å². The van der Waals surface area contributed by atoms with Crippen molar-refractivity contribution >= 4 is 5.91 Å². The predicted molar refractivity (Wildman–Crippen MR) is 59.4 cm³/mol. The van der Waals surface area contributed by atoms with Crippen LogP contribution in [0, 0.1) is 17.8 Å². The van der Waals surface area contributed by atoms with E-state index in [-0.39, 0.29) is 11.8 Å². The number of nitrogens with one attached hydrogen (secondary N) is 1. The van der Waals surface area contributed by atoms with Gasteiger partial charge in [0.15, 0.2) is 6.39 Å². The van der Waals surface area contributed by atoms with Gasteiger partial charge in [-0.15, -0.1) is 0 Å². The molecule has 0 atom stereocenters. The van der Waals surface area contributed by atoms with Crippen LogP contribution >= 0.6 is 0 Å². The molecule has 1 amide bonds. The molecule has 1 fully saturated rings. The Morgan fingerprint density at radius 3 is 2.94 bits per heavy atom. The first kappa shape index (κ1) is 11.2. The molecule has 0 unspecified atom stereocenters. The zero-order valence-corrected chi connectivity index (χ0v) is 9.77. The highest BCUT2D eigenvalue weighted by Gasteiger charge is 2.35. The predicted octanol–water partition coefficient (Wildman–Crippen LogP) is 1.97. The lowest BCUT2D eigenvalue weighted by atomic mass is 9.69. The molecule has 1 saturated carbocycles. The van der Waals surface area contributed by atoms with E-state index >= 15 is 0 Å². The molecule has 0 spiro atoms.